The number of hydrogen-bond donors (Lipinski definition) is 1. The predicted octanol–water partition coefficient (Wildman–Crippen LogP) is 7.40. The molecule has 0 aromatic heterocycles. The highest BCUT2D eigenvalue weighted by Crippen LogP contribution is 2.47. The molecule has 40 heavy (non-hydrogen) atoms. The Labute approximate surface area is 247 Å². The summed E-state index contributed by atoms with van der Waals surface area (Å²) >= 11 is 0. The molecule has 0 heterocycles. The van der Waals surface area contributed by atoms with Crippen LogP contribution in [0.2, 0.25) is 36.3 Å². The number of unbranched alkanes of at least 4 members (excludes halogenated alkanes) is 2. The number of carbonyl (C=O) groups excluding carboxylic acids is 2. The van der Waals surface area contributed by atoms with Crippen LogP contribution in [0.3, 0.4) is 0 Å². The fourth-order valence-corrected chi connectivity index (χ4v) is 7.44. The van der Waals surface area contributed by atoms with Gasteiger partial charge in [-0.15, -0.1) is 0 Å². The van der Waals surface area contributed by atoms with E-state index in [-0.39, 0.29) is 46.1 Å². The summed E-state index contributed by atoms with van der Waals surface area (Å²) in [5, 5.41) is 10.9. The average molecular weight is 601 g/mol. The van der Waals surface area contributed by atoms with Gasteiger partial charge >= 0.3 is 11.9 Å². The van der Waals surface area contributed by atoms with Gasteiger partial charge < -0.3 is 23.4 Å². The Bertz CT molecular complexity index is 827. The summed E-state index contributed by atoms with van der Waals surface area (Å²) in [5.74, 6) is -0.299. The first-order valence-electron chi connectivity index (χ1n) is 15.1. The lowest BCUT2D eigenvalue weighted by molar-refractivity contribution is -0.142. The summed E-state index contributed by atoms with van der Waals surface area (Å²) < 4.78 is 24.1. The Morgan fingerprint density at radius 1 is 0.925 bits per heavy atom. The maximum atomic E-state index is 11.6. The SMILES string of the molecule is COC(=O)CCCCCC(O)/C=C/[C@@H]1[C@H](CCOC(C)=O)[C@@H](O[Si](C)(C)C(C)(C)C)C[C@H]1O[Si](C)(C)C(C)(C)C. The molecule has 1 saturated carbocycles. The number of rotatable bonds is 15. The van der Waals surface area contributed by atoms with Crippen molar-refractivity contribution >= 4 is 28.6 Å². The summed E-state index contributed by atoms with van der Waals surface area (Å²) in [6, 6.07) is 0. The third-order valence-corrected chi connectivity index (χ3v) is 18.3. The van der Waals surface area contributed by atoms with E-state index < -0.39 is 22.7 Å². The molecule has 7 nitrogen and oxygen atoms in total. The van der Waals surface area contributed by atoms with Gasteiger partial charge in [0.25, 0.3) is 0 Å². The van der Waals surface area contributed by atoms with E-state index in [1.807, 2.05) is 6.08 Å². The maximum absolute atomic E-state index is 11.6. The molecule has 1 N–H and O–H groups in total. The Morgan fingerprint density at radius 2 is 1.48 bits per heavy atom. The van der Waals surface area contributed by atoms with Gasteiger partial charge in [-0.25, -0.2) is 0 Å². The van der Waals surface area contributed by atoms with Crippen molar-refractivity contribution in [3.05, 3.63) is 12.2 Å². The van der Waals surface area contributed by atoms with Gasteiger partial charge in [-0.2, -0.15) is 0 Å². The quantitative estimate of drug-likeness (QED) is 0.0906. The Kier molecular flexibility index (Phi) is 14.3. The highest BCUT2D eigenvalue weighted by Gasteiger charge is 2.50. The molecular formula is C31H60O7Si2. The molecule has 9 heteroatoms. The van der Waals surface area contributed by atoms with E-state index in [1.54, 1.807) is 0 Å². The minimum absolute atomic E-state index is 0.00340. The summed E-state index contributed by atoms with van der Waals surface area (Å²) in [5.41, 5.74) is 0. The first kappa shape index (κ1) is 37.0. The summed E-state index contributed by atoms with van der Waals surface area (Å²) in [7, 11) is -2.74. The van der Waals surface area contributed by atoms with Gasteiger partial charge in [-0.05, 0) is 67.9 Å². The summed E-state index contributed by atoms with van der Waals surface area (Å²) in [6.45, 7) is 24.5. The van der Waals surface area contributed by atoms with Crippen LogP contribution in [0.1, 0.15) is 93.4 Å². The number of carbonyl (C=O) groups is 2. The molecule has 0 aromatic rings. The molecule has 0 amide bonds. The molecule has 234 valence electrons. The second-order valence-electron chi connectivity index (χ2n) is 14.6. The molecule has 1 fully saturated rings. The smallest absolute Gasteiger partial charge is 0.305 e. The average Bonchev–Trinajstić information content (AvgIpc) is 3.09. The van der Waals surface area contributed by atoms with Gasteiger partial charge in [-0.3, -0.25) is 9.59 Å². The van der Waals surface area contributed by atoms with E-state index in [9.17, 15) is 14.7 Å². The molecule has 1 rings (SSSR count). The predicted molar refractivity (Wildman–Crippen MR) is 167 cm³/mol. The fraction of sp³-hybridized carbons (Fsp3) is 0.871. The van der Waals surface area contributed by atoms with Crippen molar-refractivity contribution in [2.24, 2.45) is 11.8 Å². The van der Waals surface area contributed by atoms with E-state index in [4.69, 9.17) is 18.3 Å². The number of ether oxygens (including phenoxy) is 2. The molecule has 0 saturated heterocycles. The minimum Gasteiger partial charge on any atom is -0.469 e. The molecular weight excluding hydrogens is 541 g/mol. The van der Waals surface area contributed by atoms with Crippen molar-refractivity contribution < 1.29 is 33.0 Å². The standard InChI is InChI=1S/C31H60O7Si2/c1-23(32)36-21-20-26-25(19-18-24(33)16-14-13-15-17-29(34)35-8)27(37-39(9,10)30(2,3)4)22-28(26)38-40(11,12)31(5,6)7/h18-19,24-28,33H,13-17,20-22H2,1-12H3/b19-18+/t24?,25-,26+,27-,28+/m1/s1. The number of methoxy groups -OCH3 is 1. The first-order chi connectivity index (χ1) is 18.2. The van der Waals surface area contributed by atoms with Crippen LogP contribution in [0.25, 0.3) is 0 Å². The van der Waals surface area contributed by atoms with Crippen molar-refractivity contribution in [2.45, 2.75) is 148 Å². The van der Waals surface area contributed by atoms with E-state index in [2.05, 4.69) is 73.8 Å². The van der Waals surface area contributed by atoms with E-state index in [0.717, 1.165) is 25.7 Å². The lowest BCUT2D eigenvalue weighted by Gasteiger charge is -2.40. The van der Waals surface area contributed by atoms with Crippen molar-refractivity contribution in [3.8, 4) is 0 Å². The van der Waals surface area contributed by atoms with Crippen molar-refractivity contribution in [2.75, 3.05) is 13.7 Å². The minimum atomic E-state index is -2.08. The van der Waals surface area contributed by atoms with Crippen LogP contribution in [0.15, 0.2) is 12.2 Å². The highest BCUT2D eigenvalue weighted by atomic mass is 28.4. The zero-order valence-electron chi connectivity index (χ0n) is 27.6. The van der Waals surface area contributed by atoms with Crippen molar-refractivity contribution in [1.29, 1.82) is 0 Å². The topological polar surface area (TPSA) is 91.3 Å². The summed E-state index contributed by atoms with van der Waals surface area (Å²) in [6.07, 6.45) is 8.47. The van der Waals surface area contributed by atoms with Crippen LogP contribution in [-0.2, 0) is 27.9 Å². The molecule has 1 aliphatic carbocycles. The normalized spacial score (nSPS) is 23.4. The van der Waals surface area contributed by atoms with Crippen molar-refractivity contribution in [3.63, 3.8) is 0 Å². The second kappa shape index (κ2) is 15.5. The monoisotopic (exact) mass is 600 g/mol. The Hall–Kier alpha value is -1.01. The van der Waals surface area contributed by atoms with Gasteiger partial charge in [0.05, 0.1) is 32.0 Å². The Balaban J connectivity index is 3.20. The lowest BCUT2D eigenvalue weighted by atomic mass is 9.90. The number of aliphatic hydroxyl groups excluding tert-OH is 1. The van der Waals surface area contributed by atoms with Crippen LogP contribution >= 0.6 is 0 Å². The first-order valence-corrected chi connectivity index (χ1v) is 21.0. The largest absolute Gasteiger partial charge is 0.469 e. The van der Waals surface area contributed by atoms with Gasteiger partial charge in [0, 0.05) is 19.3 Å². The van der Waals surface area contributed by atoms with Crippen LogP contribution in [0, 0.1) is 11.8 Å². The number of esters is 2. The number of hydrogen-bond acceptors (Lipinski definition) is 7. The molecule has 0 spiro atoms. The zero-order valence-corrected chi connectivity index (χ0v) is 29.6. The van der Waals surface area contributed by atoms with E-state index in [1.165, 1.54) is 14.0 Å². The molecule has 1 unspecified atom stereocenters. The summed E-state index contributed by atoms with van der Waals surface area (Å²) in [4.78, 5) is 22.9. The Morgan fingerprint density at radius 3 is 1.98 bits per heavy atom. The highest BCUT2D eigenvalue weighted by molar-refractivity contribution is 6.74. The molecule has 0 bridgehead atoms. The number of aliphatic hydroxyl groups is 1. The van der Waals surface area contributed by atoms with Gasteiger partial charge in [-0.1, -0.05) is 66.5 Å². The molecule has 1 aliphatic rings. The molecule has 0 aliphatic heterocycles. The molecule has 0 aromatic carbocycles. The second-order valence-corrected chi connectivity index (χ2v) is 24.1. The van der Waals surface area contributed by atoms with Crippen LogP contribution in [0.4, 0.5) is 0 Å². The third-order valence-electron chi connectivity index (χ3n) is 9.29. The molecule has 5 atom stereocenters. The zero-order chi connectivity index (χ0) is 30.9. The van der Waals surface area contributed by atoms with Gasteiger partial charge in [0.2, 0.25) is 0 Å². The van der Waals surface area contributed by atoms with E-state index >= 15 is 0 Å². The van der Waals surface area contributed by atoms with E-state index in [0.29, 0.717) is 25.9 Å². The van der Waals surface area contributed by atoms with Crippen LogP contribution in [-0.4, -0.2) is 65.7 Å². The lowest BCUT2D eigenvalue weighted by Crippen LogP contribution is -2.45. The van der Waals surface area contributed by atoms with Gasteiger partial charge in [0.1, 0.15) is 0 Å². The maximum Gasteiger partial charge on any atom is 0.305 e. The third kappa shape index (κ3) is 11.7. The molecule has 0 radical (unpaired) electrons. The fourth-order valence-electron chi connectivity index (χ4n) is 4.70. The van der Waals surface area contributed by atoms with Gasteiger partial charge in [0.15, 0.2) is 16.6 Å². The van der Waals surface area contributed by atoms with Crippen LogP contribution in [0.5, 0.6) is 0 Å². The van der Waals surface area contributed by atoms with Crippen molar-refractivity contribution in [1.82, 2.24) is 0 Å². The van der Waals surface area contributed by atoms with Crippen LogP contribution < -0.4 is 0 Å².